The fraction of sp³-hybridized carbons (Fsp3) is 0.188. The molecule has 0 saturated heterocycles. The summed E-state index contributed by atoms with van der Waals surface area (Å²) in [6, 6.07) is 11.9. The Morgan fingerprint density at radius 1 is 1.00 bits per heavy atom. The van der Waals surface area contributed by atoms with Crippen LogP contribution >= 0.6 is 0 Å². The summed E-state index contributed by atoms with van der Waals surface area (Å²) >= 11 is 0. The first kappa shape index (κ1) is 11.8. The first-order chi connectivity index (χ1) is 9.31. The van der Waals surface area contributed by atoms with Gasteiger partial charge in [0.05, 0.1) is 5.69 Å². The molecular formula is C16H15NO2. The van der Waals surface area contributed by atoms with Gasteiger partial charge in [0.1, 0.15) is 13.2 Å². The van der Waals surface area contributed by atoms with Crippen molar-refractivity contribution in [1.82, 2.24) is 4.98 Å². The number of hydrogen-bond acceptors (Lipinski definition) is 3. The zero-order valence-corrected chi connectivity index (χ0v) is 10.8. The highest BCUT2D eigenvalue weighted by molar-refractivity contribution is 5.69. The predicted octanol–water partition coefficient (Wildman–Crippen LogP) is 3.33. The fourth-order valence-electron chi connectivity index (χ4n) is 2.00. The zero-order valence-electron chi connectivity index (χ0n) is 10.8. The van der Waals surface area contributed by atoms with Crippen molar-refractivity contribution in [2.45, 2.75) is 6.92 Å². The summed E-state index contributed by atoms with van der Waals surface area (Å²) in [7, 11) is 0. The van der Waals surface area contributed by atoms with Gasteiger partial charge in [-0.25, -0.2) is 0 Å². The van der Waals surface area contributed by atoms with Crippen molar-refractivity contribution in [2.24, 2.45) is 0 Å². The number of benzene rings is 1. The molecule has 2 aromatic rings. The van der Waals surface area contributed by atoms with Crippen molar-refractivity contribution in [1.29, 1.82) is 0 Å². The maximum atomic E-state index is 5.56. The molecule has 3 nitrogen and oxygen atoms in total. The largest absolute Gasteiger partial charge is 0.486 e. The Bertz CT molecular complexity index is 620. The molecule has 1 aliphatic rings. The molecule has 1 aromatic carbocycles. The molecule has 0 radical (unpaired) electrons. The molecule has 96 valence electrons. The van der Waals surface area contributed by atoms with Gasteiger partial charge in [-0.15, -0.1) is 0 Å². The Balaban J connectivity index is 1.83. The van der Waals surface area contributed by atoms with Crippen molar-refractivity contribution < 1.29 is 9.47 Å². The van der Waals surface area contributed by atoms with Gasteiger partial charge in [0.25, 0.3) is 0 Å². The van der Waals surface area contributed by atoms with Gasteiger partial charge in [-0.1, -0.05) is 18.2 Å². The summed E-state index contributed by atoms with van der Waals surface area (Å²) in [6.07, 6.45) is 4.03. The number of aryl methyl sites for hydroxylation is 1. The third-order valence-corrected chi connectivity index (χ3v) is 2.92. The molecule has 0 atom stereocenters. The summed E-state index contributed by atoms with van der Waals surface area (Å²) in [5.41, 5.74) is 3.05. The fourth-order valence-corrected chi connectivity index (χ4v) is 2.00. The van der Waals surface area contributed by atoms with E-state index in [0.29, 0.717) is 13.2 Å². The Kier molecular flexibility index (Phi) is 3.19. The predicted molar refractivity (Wildman–Crippen MR) is 75.3 cm³/mol. The zero-order chi connectivity index (χ0) is 13.1. The number of ether oxygens (including phenoxy) is 2. The van der Waals surface area contributed by atoms with Gasteiger partial charge in [0.2, 0.25) is 0 Å². The summed E-state index contributed by atoms with van der Waals surface area (Å²) < 4.78 is 11.1. The molecule has 0 spiro atoms. The summed E-state index contributed by atoms with van der Waals surface area (Å²) in [5, 5.41) is 0. The van der Waals surface area contributed by atoms with E-state index < -0.39 is 0 Å². The van der Waals surface area contributed by atoms with Crippen LogP contribution in [0.15, 0.2) is 36.4 Å². The van der Waals surface area contributed by atoms with Crippen LogP contribution in [0.25, 0.3) is 12.2 Å². The summed E-state index contributed by atoms with van der Waals surface area (Å²) in [5.74, 6) is 1.63. The second kappa shape index (κ2) is 5.14. The highest BCUT2D eigenvalue weighted by Crippen LogP contribution is 2.31. The molecule has 1 aliphatic heterocycles. The van der Waals surface area contributed by atoms with E-state index in [1.165, 1.54) is 0 Å². The normalized spacial score (nSPS) is 13.7. The quantitative estimate of drug-likeness (QED) is 0.822. The van der Waals surface area contributed by atoms with Crippen LogP contribution in [0.1, 0.15) is 17.0 Å². The third kappa shape index (κ3) is 2.76. The van der Waals surface area contributed by atoms with E-state index in [9.17, 15) is 0 Å². The lowest BCUT2D eigenvalue weighted by atomic mass is 10.1. The van der Waals surface area contributed by atoms with E-state index in [1.54, 1.807) is 0 Å². The molecule has 1 aromatic heterocycles. The van der Waals surface area contributed by atoms with Crippen molar-refractivity contribution in [3.8, 4) is 11.5 Å². The Hall–Kier alpha value is -2.29. The van der Waals surface area contributed by atoms with E-state index >= 15 is 0 Å². The van der Waals surface area contributed by atoms with Gasteiger partial charge in [0.15, 0.2) is 11.5 Å². The Labute approximate surface area is 112 Å². The minimum Gasteiger partial charge on any atom is -0.486 e. The van der Waals surface area contributed by atoms with Crippen molar-refractivity contribution in [2.75, 3.05) is 13.2 Å². The molecule has 3 rings (SSSR count). The maximum Gasteiger partial charge on any atom is 0.161 e. The van der Waals surface area contributed by atoms with Gasteiger partial charge in [-0.2, -0.15) is 0 Å². The van der Waals surface area contributed by atoms with E-state index in [-0.39, 0.29) is 0 Å². The lowest BCUT2D eigenvalue weighted by Gasteiger charge is -2.18. The van der Waals surface area contributed by atoms with E-state index in [1.807, 2.05) is 55.5 Å². The number of hydrogen-bond donors (Lipinski definition) is 0. The number of fused-ring (bicyclic) bond motifs is 1. The second-order valence-electron chi connectivity index (χ2n) is 4.44. The molecule has 2 heterocycles. The average Bonchev–Trinajstić information content (AvgIpc) is 2.45. The SMILES string of the molecule is Cc1cccc(C=Cc2ccc3c(c2)OCCO3)n1. The first-order valence-electron chi connectivity index (χ1n) is 6.33. The highest BCUT2D eigenvalue weighted by Gasteiger charge is 2.10. The first-order valence-corrected chi connectivity index (χ1v) is 6.33. The Morgan fingerprint density at radius 2 is 1.84 bits per heavy atom. The summed E-state index contributed by atoms with van der Waals surface area (Å²) in [6.45, 7) is 3.22. The van der Waals surface area contributed by atoms with Crippen molar-refractivity contribution in [3.63, 3.8) is 0 Å². The molecule has 3 heteroatoms. The van der Waals surface area contributed by atoms with Crippen LogP contribution in [0, 0.1) is 6.92 Å². The van der Waals surface area contributed by atoms with Gasteiger partial charge in [0, 0.05) is 5.69 Å². The van der Waals surface area contributed by atoms with Crippen LogP contribution < -0.4 is 9.47 Å². The van der Waals surface area contributed by atoms with Gasteiger partial charge < -0.3 is 9.47 Å². The lowest BCUT2D eigenvalue weighted by molar-refractivity contribution is 0.171. The Morgan fingerprint density at radius 3 is 2.68 bits per heavy atom. The minimum absolute atomic E-state index is 0.611. The van der Waals surface area contributed by atoms with Gasteiger partial charge in [-0.05, 0) is 42.8 Å². The molecular weight excluding hydrogens is 238 g/mol. The summed E-state index contributed by atoms with van der Waals surface area (Å²) in [4.78, 5) is 4.43. The molecule has 0 unspecified atom stereocenters. The van der Waals surface area contributed by atoms with Crippen LogP contribution in [0.4, 0.5) is 0 Å². The second-order valence-corrected chi connectivity index (χ2v) is 4.44. The van der Waals surface area contributed by atoms with Crippen LogP contribution in [-0.4, -0.2) is 18.2 Å². The third-order valence-electron chi connectivity index (χ3n) is 2.92. The van der Waals surface area contributed by atoms with Gasteiger partial charge >= 0.3 is 0 Å². The van der Waals surface area contributed by atoms with Crippen LogP contribution in [0.3, 0.4) is 0 Å². The number of aromatic nitrogens is 1. The topological polar surface area (TPSA) is 31.4 Å². The van der Waals surface area contributed by atoms with E-state index in [2.05, 4.69) is 4.98 Å². The van der Waals surface area contributed by atoms with Gasteiger partial charge in [-0.3, -0.25) is 4.98 Å². The van der Waals surface area contributed by atoms with Crippen LogP contribution in [0.2, 0.25) is 0 Å². The van der Waals surface area contributed by atoms with E-state index in [0.717, 1.165) is 28.5 Å². The standard InChI is InChI=1S/C16H15NO2/c1-12-3-2-4-14(17-12)7-5-13-6-8-15-16(11-13)19-10-9-18-15/h2-8,11H,9-10H2,1H3. The number of nitrogens with zero attached hydrogens (tertiary/aromatic N) is 1. The van der Waals surface area contributed by atoms with E-state index in [4.69, 9.17) is 9.47 Å². The monoisotopic (exact) mass is 253 g/mol. The molecule has 0 N–H and O–H groups in total. The van der Waals surface area contributed by atoms with Crippen molar-refractivity contribution in [3.05, 3.63) is 53.3 Å². The molecule has 0 aliphatic carbocycles. The number of pyridine rings is 1. The molecule has 0 bridgehead atoms. The van der Waals surface area contributed by atoms with Crippen LogP contribution in [0.5, 0.6) is 11.5 Å². The molecule has 0 fully saturated rings. The van der Waals surface area contributed by atoms with Crippen LogP contribution in [-0.2, 0) is 0 Å². The van der Waals surface area contributed by atoms with Crippen molar-refractivity contribution >= 4 is 12.2 Å². The molecule has 0 amide bonds. The lowest BCUT2D eigenvalue weighted by Crippen LogP contribution is -2.15. The average molecular weight is 253 g/mol. The highest BCUT2D eigenvalue weighted by atomic mass is 16.6. The number of rotatable bonds is 2. The minimum atomic E-state index is 0.611. The maximum absolute atomic E-state index is 5.56. The molecule has 0 saturated carbocycles. The smallest absolute Gasteiger partial charge is 0.161 e. The molecule has 19 heavy (non-hydrogen) atoms.